The van der Waals surface area contributed by atoms with Crippen molar-refractivity contribution in [3.63, 3.8) is 0 Å². The van der Waals surface area contributed by atoms with Gasteiger partial charge in [0.15, 0.2) is 5.69 Å². The number of halogens is 3. The topological polar surface area (TPSA) is 194 Å². The first kappa shape index (κ1) is 39.4. The van der Waals surface area contributed by atoms with Crippen molar-refractivity contribution < 1.29 is 60.0 Å². The van der Waals surface area contributed by atoms with Gasteiger partial charge < -0.3 is 19.4 Å². The second-order valence-electron chi connectivity index (χ2n) is 12.6. The summed E-state index contributed by atoms with van der Waals surface area (Å²) in [4.78, 5) is 40.9. The molecule has 0 spiro atoms. The number of alkyl halides is 3. The molecule has 1 aliphatic rings. The van der Waals surface area contributed by atoms with E-state index < -0.39 is 70.7 Å². The standard InChI is InChI=1S/C32H37F3N6O10S/c1-20-6-8-22(9-7-20)26-18-27(32(33,34)35)36-40(26)23-10-12-25(13-11-23)52(46,47)37-28(42)14-15-29(43)48-19-24-16-17-39(24)41(45)38-51-21(2)49-30(44)50-31(3,4)5/h6-13,18,21,24H,14-17,19H2,1-5H3,(H,37,42)/t21?,24-/m0/s1. The monoisotopic (exact) mass is 754 g/mol. The summed E-state index contributed by atoms with van der Waals surface area (Å²) in [5.74, 6) is -1.85. The SMILES string of the molecule is Cc1ccc(-c2cc(C(F)(F)F)nn2-c2ccc(S(=O)(=O)NC(=O)CCC(=O)OC[C@@H]3CCN3[N+]([O-])=NOC(C)OC(=O)OC(C)(C)C)cc2)cc1. The molecular formula is C32H37F3N6O10S. The number of nitrogens with zero attached hydrogens (tertiary/aromatic N) is 5. The zero-order valence-electron chi connectivity index (χ0n) is 28.7. The molecule has 2 atom stereocenters. The van der Waals surface area contributed by atoms with Crippen LogP contribution in [0.3, 0.4) is 0 Å². The van der Waals surface area contributed by atoms with E-state index in [-0.39, 0.29) is 34.4 Å². The smallest absolute Gasteiger partial charge is 0.511 e. The van der Waals surface area contributed by atoms with Gasteiger partial charge in [-0.2, -0.15) is 18.3 Å². The van der Waals surface area contributed by atoms with Crippen LogP contribution in [0.1, 0.15) is 58.2 Å². The second kappa shape index (κ2) is 15.9. The summed E-state index contributed by atoms with van der Waals surface area (Å²) in [6, 6.07) is 11.7. The molecule has 0 radical (unpaired) electrons. The van der Waals surface area contributed by atoms with E-state index in [0.717, 1.165) is 28.4 Å². The van der Waals surface area contributed by atoms with Crippen LogP contribution >= 0.6 is 0 Å². The van der Waals surface area contributed by atoms with Gasteiger partial charge in [0, 0.05) is 18.9 Å². The van der Waals surface area contributed by atoms with Crippen LogP contribution in [0.2, 0.25) is 0 Å². The lowest BCUT2D eigenvalue weighted by atomic mass is 10.1. The van der Waals surface area contributed by atoms with Gasteiger partial charge in [-0.25, -0.2) is 22.6 Å². The third kappa shape index (κ3) is 10.8. The Bertz CT molecular complexity index is 1890. The summed E-state index contributed by atoms with van der Waals surface area (Å²) in [5, 5.41) is 20.4. The lowest BCUT2D eigenvalue weighted by Crippen LogP contribution is -2.53. The molecule has 282 valence electrons. The van der Waals surface area contributed by atoms with Crippen molar-refractivity contribution in [2.45, 2.75) is 82.9 Å². The highest BCUT2D eigenvalue weighted by Gasteiger charge is 2.37. The van der Waals surface area contributed by atoms with E-state index in [9.17, 15) is 41.2 Å². The summed E-state index contributed by atoms with van der Waals surface area (Å²) in [6.07, 6.45) is -7.57. The van der Waals surface area contributed by atoms with Crippen LogP contribution in [0.25, 0.3) is 16.9 Å². The Balaban J connectivity index is 1.26. The predicted molar refractivity (Wildman–Crippen MR) is 173 cm³/mol. The second-order valence-corrected chi connectivity index (χ2v) is 14.3. The fourth-order valence-electron chi connectivity index (χ4n) is 4.56. The number of carbonyl (C=O) groups is 3. The van der Waals surface area contributed by atoms with Crippen LogP contribution in [0.5, 0.6) is 0 Å². The summed E-state index contributed by atoms with van der Waals surface area (Å²) in [5.41, 5.74) is -0.333. The van der Waals surface area contributed by atoms with E-state index >= 15 is 0 Å². The first-order chi connectivity index (χ1) is 24.2. The van der Waals surface area contributed by atoms with Gasteiger partial charge >= 0.3 is 18.3 Å². The third-order valence-corrected chi connectivity index (χ3v) is 8.62. The summed E-state index contributed by atoms with van der Waals surface area (Å²) < 4.78 is 84.1. The lowest BCUT2D eigenvalue weighted by molar-refractivity contribution is -0.734. The van der Waals surface area contributed by atoms with E-state index in [1.807, 2.05) is 11.6 Å². The van der Waals surface area contributed by atoms with Crippen molar-refractivity contribution in [3.8, 4) is 16.9 Å². The number of sulfonamides is 1. The van der Waals surface area contributed by atoms with Crippen molar-refractivity contribution in [1.82, 2.24) is 19.5 Å². The molecule has 1 aliphatic heterocycles. The maximum Gasteiger partial charge on any atom is 0.511 e. The first-order valence-corrected chi connectivity index (χ1v) is 17.3. The van der Waals surface area contributed by atoms with Crippen molar-refractivity contribution >= 4 is 28.1 Å². The zero-order valence-corrected chi connectivity index (χ0v) is 29.6. The quantitative estimate of drug-likeness (QED) is 0.0792. The van der Waals surface area contributed by atoms with Gasteiger partial charge in [-0.05, 0) is 64.4 Å². The van der Waals surface area contributed by atoms with E-state index in [1.165, 1.54) is 24.1 Å². The van der Waals surface area contributed by atoms with Crippen LogP contribution in [-0.4, -0.2) is 77.3 Å². The number of nitrogens with one attached hydrogen (secondary N) is 1. The third-order valence-electron chi connectivity index (χ3n) is 7.23. The van der Waals surface area contributed by atoms with Crippen LogP contribution in [0.4, 0.5) is 18.0 Å². The minimum atomic E-state index is -4.73. The molecule has 1 unspecified atom stereocenters. The number of rotatable bonds is 13. The van der Waals surface area contributed by atoms with Gasteiger partial charge in [-0.15, -0.1) is 5.01 Å². The highest BCUT2D eigenvalue weighted by molar-refractivity contribution is 7.90. The van der Waals surface area contributed by atoms with Crippen LogP contribution in [0.15, 0.2) is 64.8 Å². The van der Waals surface area contributed by atoms with Crippen LogP contribution < -0.4 is 4.72 Å². The van der Waals surface area contributed by atoms with Crippen LogP contribution in [-0.2, 0) is 44.8 Å². The normalized spacial score (nSPS) is 15.7. The van der Waals surface area contributed by atoms with E-state index in [2.05, 4.69) is 10.4 Å². The number of hydrogen-bond acceptors (Lipinski definition) is 12. The largest absolute Gasteiger partial charge is 0.569 e. The number of ether oxygens (including phenoxy) is 3. The Labute approximate surface area is 296 Å². The maximum atomic E-state index is 13.5. The minimum absolute atomic E-state index is 0.111. The Hall–Kier alpha value is -5.40. The molecule has 0 bridgehead atoms. The molecule has 1 amide bonds. The molecule has 2 heterocycles. The molecule has 20 heteroatoms. The molecule has 3 aromatic rings. The summed E-state index contributed by atoms with van der Waals surface area (Å²) in [6.45, 7) is 8.07. The number of esters is 1. The van der Waals surface area contributed by atoms with Crippen molar-refractivity contribution in [1.29, 1.82) is 0 Å². The van der Waals surface area contributed by atoms with E-state index in [0.29, 0.717) is 12.0 Å². The van der Waals surface area contributed by atoms with Gasteiger partial charge in [0.05, 0.1) is 34.2 Å². The van der Waals surface area contributed by atoms with Gasteiger partial charge in [-0.3, -0.25) is 14.4 Å². The number of aryl methyl sites for hydroxylation is 1. The Morgan fingerprint density at radius 1 is 1.08 bits per heavy atom. The molecule has 16 nitrogen and oxygen atoms in total. The molecule has 1 aromatic heterocycles. The Kier molecular flexibility index (Phi) is 12.0. The lowest BCUT2D eigenvalue weighted by Gasteiger charge is -2.34. The fraction of sp³-hybridized carbons (Fsp3) is 0.438. The number of benzene rings is 2. The predicted octanol–water partition coefficient (Wildman–Crippen LogP) is 5.18. The molecule has 1 N–H and O–H groups in total. The van der Waals surface area contributed by atoms with E-state index in [1.54, 1.807) is 45.0 Å². The maximum absolute atomic E-state index is 13.5. The first-order valence-electron chi connectivity index (χ1n) is 15.8. The zero-order chi connectivity index (χ0) is 38.4. The van der Waals surface area contributed by atoms with Gasteiger partial charge in [-0.1, -0.05) is 29.8 Å². The number of amides is 1. The number of aromatic nitrogens is 2. The number of hydrazine groups is 1. The number of hydrogen-bond donors (Lipinski definition) is 1. The molecule has 52 heavy (non-hydrogen) atoms. The van der Waals surface area contributed by atoms with Crippen molar-refractivity contribution in [2.24, 2.45) is 5.28 Å². The average Bonchev–Trinajstić information content (AvgIpc) is 3.48. The fourth-order valence-corrected chi connectivity index (χ4v) is 5.57. The highest BCUT2D eigenvalue weighted by atomic mass is 32.2. The summed E-state index contributed by atoms with van der Waals surface area (Å²) >= 11 is 0. The minimum Gasteiger partial charge on any atom is -0.569 e. The van der Waals surface area contributed by atoms with Gasteiger partial charge in [0.2, 0.25) is 11.2 Å². The van der Waals surface area contributed by atoms with E-state index in [4.69, 9.17) is 19.0 Å². The van der Waals surface area contributed by atoms with Crippen molar-refractivity contribution in [3.05, 3.63) is 71.1 Å². The average molecular weight is 755 g/mol. The molecule has 1 saturated heterocycles. The van der Waals surface area contributed by atoms with Gasteiger partial charge in [0.1, 0.15) is 18.2 Å². The molecule has 0 aliphatic carbocycles. The van der Waals surface area contributed by atoms with Crippen LogP contribution in [0, 0.1) is 12.1 Å². The number of carbonyl (C=O) groups excluding carboxylic acids is 3. The molecule has 4 rings (SSSR count). The Morgan fingerprint density at radius 3 is 2.31 bits per heavy atom. The molecule has 2 aromatic carbocycles. The highest BCUT2D eigenvalue weighted by Crippen LogP contribution is 2.33. The molecule has 0 saturated carbocycles. The van der Waals surface area contributed by atoms with Crippen molar-refractivity contribution in [2.75, 3.05) is 13.2 Å². The molecule has 1 fully saturated rings. The molecular weight excluding hydrogens is 717 g/mol. The summed E-state index contributed by atoms with van der Waals surface area (Å²) in [7, 11) is -4.42. The van der Waals surface area contributed by atoms with Gasteiger partial charge in [0.25, 0.3) is 16.3 Å². The Morgan fingerprint density at radius 2 is 1.73 bits per heavy atom.